The quantitative estimate of drug-likeness (QED) is 0.852. The third-order valence-electron chi connectivity index (χ3n) is 2.45. The first-order chi connectivity index (χ1) is 7.25. The van der Waals surface area contributed by atoms with Gasteiger partial charge in [-0.05, 0) is 25.0 Å². The predicted molar refractivity (Wildman–Crippen MR) is 57.1 cm³/mol. The zero-order valence-electron chi connectivity index (χ0n) is 8.22. The second kappa shape index (κ2) is 4.61. The fourth-order valence-electron chi connectivity index (χ4n) is 1.67. The van der Waals surface area contributed by atoms with E-state index in [0.717, 1.165) is 5.03 Å². The van der Waals surface area contributed by atoms with E-state index < -0.39 is 5.97 Å². The molecular weight excluding hydrogens is 212 g/mol. The van der Waals surface area contributed by atoms with Crippen LogP contribution in [0.2, 0.25) is 0 Å². The largest absolute Gasteiger partial charge is 0.476 e. The van der Waals surface area contributed by atoms with Crippen molar-refractivity contribution < 1.29 is 9.90 Å². The molecule has 0 saturated heterocycles. The molecule has 0 bridgehead atoms. The standard InChI is InChI=1S/C10H12N2O2S/c13-10(14)8-5-6-9(12-11-8)15-7-3-1-2-4-7/h5-7H,1-4H2,(H,13,14). The summed E-state index contributed by atoms with van der Waals surface area (Å²) >= 11 is 1.71. The summed E-state index contributed by atoms with van der Waals surface area (Å²) in [7, 11) is 0. The first-order valence-corrected chi connectivity index (χ1v) is 5.87. The van der Waals surface area contributed by atoms with Gasteiger partial charge in [-0.1, -0.05) is 12.8 Å². The first kappa shape index (κ1) is 10.4. The van der Waals surface area contributed by atoms with Gasteiger partial charge in [0.05, 0.1) is 0 Å². The summed E-state index contributed by atoms with van der Waals surface area (Å²) in [5.74, 6) is -1.03. The molecule has 0 atom stereocenters. The van der Waals surface area contributed by atoms with Crippen LogP contribution in [0.25, 0.3) is 0 Å². The van der Waals surface area contributed by atoms with Gasteiger partial charge in [0, 0.05) is 5.25 Å². The highest BCUT2D eigenvalue weighted by atomic mass is 32.2. The van der Waals surface area contributed by atoms with E-state index in [1.54, 1.807) is 17.8 Å². The summed E-state index contributed by atoms with van der Waals surface area (Å²) < 4.78 is 0. The molecular formula is C10H12N2O2S. The third-order valence-corrected chi connectivity index (χ3v) is 3.71. The highest BCUT2D eigenvalue weighted by molar-refractivity contribution is 7.99. The van der Waals surface area contributed by atoms with Crippen LogP contribution in [0, 0.1) is 0 Å². The van der Waals surface area contributed by atoms with Crippen molar-refractivity contribution in [2.45, 2.75) is 36.0 Å². The number of hydrogen-bond donors (Lipinski definition) is 1. The van der Waals surface area contributed by atoms with Crippen molar-refractivity contribution in [2.24, 2.45) is 0 Å². The summed E-state index contributed by atoms with van der Waals surface area (Å²) in [5, 5.41) is 17.7. The summed E-state index contributed by atoms with van der Waals surface area (Å²) in [6, 6.07) is 3.24. The second-order valence-corrected chi connectivity index (χ2v) is 4.91. The summed E-state index contributed by atoms with van der Waals surface area (Å²) in [6.07, 6.45) is 5.04. The van der Waals surface area contributed by atoms with Crippen LogP contribution < -0.4 is 0 Å². The Balaban J connectivity index is 2.00. The zero-order chi connectivity index (χ0) is 10.7. The van der Waals surface area contributed by atoms with Crippen molar-refractivity contribution in [3.63, 3.8) is 0 Å². The Morgan fingerprint density at radius 2 is 2.07 bits per heavy atom. The normalized spacial score (nSPS) is 16.8. The molecule has 1 N–H and O–H groups in total. The predicted octanol–water partition coefficient (Wildman–Crippen LogP) is 2.21. The van der Waals surface area contributed by atoms with Gasteiger partial charge in [0.1, 0.15) is 5.03 Å². The maximum atomic E-state index is 10.5. The molecule has 2 rings (SSSR count). The van der Waals surface area contributed by atoms with E-state index >= 15 is 0 Å². The molecule has 15 heavy (non-hydrogen) atoms. The Hall–Kier alpha value is -1.10. The van der Waals surface area contributed by atoms with Crippen molar-refractivity contribution in [2.75, 3.05) is 0 Å². The molecule has 1 aromatic rings. The smallest absolute Gasteiger partial charge is 0.356 e. The highest BCUT2D eigenvalue weighted by Gasteiger charge is 2.17. The van der Waals surface area contributed by atoms with E-state index in [-0.39, 0.29) is 5.69 Å². The molecule has 0 aromatic carbocycles. The molecule has 0 unspecified atom stereocenters. The monoisotopic (exact) mass is 224 g/mol. The molecule has 5 heteroatoms. The number of carbonyl (C=O) groups is 1. The van der Waals surface area contributed by atoms with Gasteiger partial charge in [-0.2, -0.15) is 0 Å². The average molecular weight is 224 g/mol. The van der Waals surface area contributed by atoms with Gasteiger partial charge >= 0.3 is 5.97 Å². The molecule has 1 saturated carbocycles. The number of rotatable bonds is 3. The SMILES string of the molecule is O=C(O)c1ccc(SC2CCCC2)nn1. The van der Waals surface area contributed by atoms with Crippen LogP contribution in [0.4, 0.5) is 0 Å². The van der Waals surface area contributed by atoms with E-state index in [0.29, 0.717) is 5.25 Å². The van der Waals surface area contributed by atoms with E-state index in [4.69, 9.17) is 5.11 Å². The number of hydrogen-bond acceptors (Lipinski definition) is 4. The molecule has 0 amide bonds. The molecule has 1 aliphatic carbocycles. The van der Waals surface area contributed by atoms with Crippen molar-refractivity contribution in [3.05, 3.63) is 17.8 Å². The molecule has 4 nitrogen and oxygen atoms in total. The number of carboxylic acids is 1. The maximum absolute atomic E-state index is 10.5. The van der Waals surface area contributed by atoms with Gasteiger partial charge in [-0.15, -0.1) is 22.0 Å². The van der Waals surface area contributed by atoms with Crippen LogP contribution in [0.15, 0.2) is 17.2 Å². The van der Waals surface area contributed by atoms with Crippen molar-refractivity contribution in [1.82, 2.24) is 10.2 Å². The Morgan fingerprint density at radius 1 is 1.33 bits per heavy atom. The van der Waals surface area contributed by atoms with Crippen LogP contribution >= 0.6 is 11.8 Å². The number of nitrogens with zero attached hydrogens (tertiary/aromatic N) is 2. The van der Waals surface area contributed by atoms with E-state index in [1.165, 1.54) is 31.7 Å². The zero-order valence-corrected chi connectivity index (χ0v) is 9.04. The molecule has 1 aliphatic rings. The summed E-state index contributed by atoms with van der Waals surface area (Å²) in [5.41, 5.74) is 0.00534. The minimum absolute atomic E-state index is 0.00534. The molecule has 0 radical (unpaired) electrons. The molecule has 80 valence electrons. The number of aromatic nitrogens is 2. The maximum Gasteiger partial charge on any atom is 0.356 e. The lowest BCUT2D eigenvalue weighted by molar-refractivity contribution is 0.0689. The molecule has 1 fully saturated rings. The van der Waals surface area contributed by atoms with Gasteiger partial charge in [0.25, 0.3) is 0 Å². The second-order valence-electron chi connectivity index (χ2n) is 3.59. The van der Waals surface area contributed by atoms with Gasteiger partial charge in [0.2, 0.25) is 0 Å². The summed E-state index contributed by atoms with van der Waals surface area (Å²) in [6.45, 7) is 0. The fourth-order valence-corrected chi connectivity index (χ4v) is 2.82. The van der Waals surface area contributed by atoms with Crippen molar-refractivity contribution in [1.29, 1.82) is 0 Å². The van der Waals surface area contributed by atoms with Crippen molar-refractivity contribution in [3.8, 4) is 0 Å². The molecule has 0 aliphatic heterocycles. The van der Waals surface area contributed by atoms with E-state index in [1.807, 2.05) is 0 Å². The van der Waals surface area contributed by atoms with Crippen LogP contribution in [0.3, 0.4) is 0 Å². The molecule has 1 heterocycles. The highest BCUT2D eigenvalue weighted by Crippen LogP contribution is 2.33. The van der Waals surface area contributed by atoms with Crippen LogP contribution in [0.5, 0.6) is 0 Å². The minimum Gasteiger partial charge on any atom is -0.476 e. The lowest BCUT2D eigenvalue weighted by Crippen LogP contribution is -2.03. The average Bonchev–Trinajstić information content (AvgIpc) is 2.71. The Bertz CT molecular complexity index is 347. The lowest BCUT2D eigenvalue weighted by Gasteiger charge is -2.06. The van der Waals surface area contributed by atoms with E-state index in [2.05, 4.69) is 10.2 Å². The van der Waals surface area contributed by atoms with Crippen LogP contribution in [-0.2, 0) is 0 Å². The Kier molecular flexibility index (Phi) is 3.20. The Labute approximate surface area is 92.1 Å². The van der Waals surface area contributed by atoms with Crippen LogP contribution in [0.1, 0.15) is 36.2 Å². The lowest BCUT2D eigenvalue weighted by atomic mass is 10.4. The van der Waals surface area contributed by atoms with Crippen LogP contribution in [-0.4, -0.2) is 26.5 Å². The first-order valence-electron chi connectivity index (χ1n) is 4.99. The third kappa shape index (κ3) is 2.68. The van der Waals surface area contributed by atoms with Gasteiger partial charge in [0.15, 0.2) is 5.69 Å². The van der Waals surface area contributed by atoms with E-state index in [9.17, 15) is 4.79 Å². The van der Waals surface area contributed by atoms with Gasteiger partial charge < -0.3 is 5.11 Å². The molecule has 0 spiro atoms. The minimum atomic E-state index is -1.03. The summed E-state index contributed by atoms with van der Waals surface area (Å²) in [4.78, 5) is 10.5. The Morgan fingerprint density at radius 3 is 2.60 bits per heavy atom. The van der Waals surface area contributed by atoms with Gasteiger partial charge in [-0.25, -0.2) is 4.79 Å². The molecule has 1 aromatic heterocycles. The topological polar surface area (TPSA) is 63.1 Å². The number of carboxylic acid groups (broad SMARTS) is 1. The number of thioether (sulfide) groups is 1. The number of aromatic carboxylic acids is 1. The van der Waals surface area contributed by atoms with Gasteiger partial charge in [-0.3, -0.25) is 0 Å². The fraction of sp³-hybridized carbons (Fsp3) is 0.500. The van der Waals surface area contributed by atoms with Crippen molar-refractivity contribution >= 4 is 17.7 Å².